The molecule has 12 nitrogen and oxygen atoms in total. The van der Waals surface area contributed by atoms with Crippen molar-refractivity contribution in [2.45, 2.75) is 58.6 Å². The molecule has 1 aliphatic rings. The van der Waals surface area contributed by atoms with Crippen molar-refractivity contribution in [2.24, 2.45) is 5.92 Å². The van der Waals surface area contributed by atoms with Crippen LogP contribution < -0.4 is 15.5 Å². The number of carbonyl (C=O) groups is 3. The fraction of sp³-hybridized carbons (Fsp3) is 0.467. The Balaban J connectivity index is 1.45. The van der Waals surface area contributed by atoms with E-state index in [1.54, 1.807) is 17.2 Å². The number of nitrogens with zero attached hydrogens (tertiary/aromatic N) is 6. The molecular weight excluding hydrogens is 536 g/mol. The summed E-state index contributed by atoms with van der Waals surface area (Å²) in [5, 5.41) is 15.3. The normalized spacial score (nSPS) is 16.9. The minimum atomic E-state index is -0.563. The molecule has 1 saturated heterocycles. The van der Waals surface area contributed by atoms with E-state index in [0.29, 0.717) is 54.5 Å². The molecule has 4 rings (SSSR count). The third-order valence-electron chi connectivity index (χ3n) is 7.27. The Labute approximate surface area is 245 Å². The first-order valence-corrected chi connectivity index (χ1v) is 14.0. The number of fused-ring (bicyclic) bond motifs is 1. The van der Waals surface area contributed by atoms with Crippen molar-refractivity contribution >= 4 is 40.6 Å². The van der Waals surface area contributed by atoms with E-state index in [1.807, 2.05) is 63.1 Å². The Morgan fingerprint density at radius 2 is 2.00 bits per heavy atom. The van der Waals surface area contributed by atoms with E-state index < -0.39 is 11.7 Å². The van der Waals surface area contributed by atoms with Crippen LogP contribution in [0.2, 0.25) is 0 Å². The van der Waals surface area contributed by atoms with Gasteiger partial charge in [-0.25, -0.2) is 19.6 Å². The molecule has 2 aromatic heterocycles. The molecule has 2 atom stereocenters. The third kappa shape index (κ3) is 7.34. The average Bonchev–Trinajstić information content (AvgIpc) is 3.37. The number of likely N-dealkylation sites (tertiary alicyclic amines) is 1. The molecule has 0 bridgehead atoms. The van der Waals surface area contributed by atoms with Gasteiger partial charge in [0.05, 0.1) is 17.5 Å². The SMILES string of the molecule is C[C@@H]1CCN(C(=O)CC#N)C[C@@H]1N(C)c1ncnc2c1ccn2C(=O)Nc1cccc(CCNC(=O)OC(C)(C)C)c1. The molecule has 0 radical (unpaired) electrons. The van der Waals surface area contributed by atoms with E-state index >= 15 is 0 Å². The molecule has 3 aromatic rings. The van der Waals surface area contributed by atoms with E-state index in [1.165, 1.54) is 10.9 Å². The smallest absolute Gasteiger partial charge is 0.407 e. The average molecular weight is 575 g/mol. The van der Waals surface area contributed by atoms with Gasteiger partial charge in [-0.05, 0) is 63.3 Å². The first kappa shape index (κ1) is 30.3. The van der Waals surface area contributed by atoms with E-state index in [-0.39, 0.29) is 24.4 Å². The summed E-state index contributed by atoms with van der Waals surface area (Å²) >= 11 is 0. The number of hydrogen-bond donors (Lipinski definition) is 2. The summed E-state index contributed by atoms with van der Waals surface area (Å²) in [5.74, 6) is 0.794. The number of amides is 3. The van der Waals surface area contributed by atoms with Crippen LogP contribution in [0.4, 0.5) is 21.1 Å². The maximum absolute atomic E-state index is 13.3. The number of benzene rings is 1. The first-order valence-electron chi connectivity index (χ1n) is 14.0. The van der Waals surface area contributed by atoms with Gasteiger partial charge in [-0.2, -0.15) is 5.26 Å². The first-order chi connectivity index (χ1) is 20.0. The van der Waals surface area contributed by atoms with Crippen LogP contribution in [0, 0.1) is 17.2 Å². The van der Waals surface area contributed by atoms with E-state index in [9.17, 15) is 14.4 Å². The van der Waals surface area contributed by atoms with Gasteiger partial charge in [0, 0.05) is 38.6 Å². The number of rotatable bonds is 7. The molecule has 42 heavy (non-hydrogen) atoms. The number of anilines is 2. The second-order valence-corrected chi connectivity index (χ2v) is 11.5. The molecule has 0 aliphatic carbocycles. The number of nitrogens with one attached hydrogen (secondary N) is 2. The van der Waals surface area contributed by atoms with Crippen LogP contribution >= 0.6 is 0 Å². The maximum Gasteiger partial charge on any atom is 0.407 e. The standard InChI is InChI=1S/C30H38N8O4/c1-20-11-15-37(25(39)9-13-31)18-24(20)36(5)26-23-12-16-38(27(23)34-19-33-26)28(40)35-22-8-6-7-21(17-22)10-14-32-29(41)42-30(2,3)4/h6-8,12,16-17,19-20,24H,9-11,14-15,18H2,1-5H3,(H,32,41)(H,35,40)/t20-,24+/m1/s1. The minimum absolute atomic E-state index is 0.00998. The van der Waals surface area contributed by atoms with Gasteiger partial charge in [-0.1, -0.05) is 19.1 Å². The number of aromatic nitrogens is 3. The van der Waals surface area contributed by atoms with Gasteiger partial charge in [0.15, 0.2) is 5.65 Å². The van der Waals surface area contributed by atoms with Crippen LogP contribution in [0.1, 0.15) is 46.1 Å². The Morgan fingerprint density at radius 1 is 1.21 bits per heavy atom. The van der Waals surface area contributed by atoms with Crippen molar-refractivity contribution in [3.63, 3.8) is 0 Å². The van der Waals surface area contributed by atoms with Gasteiger partial charge < -0.3 is 25.2 Å². The van der Waals surface area contributed by atoms with Gasteiger partial charge in [0.2, 0.25) is 5.91 Å². The quantitative estimate of drug-likeness (QED) is 0.428. The lowest BCUT2D eigenvalue weighted by atomic mass is 9.92. The molecule has 2 N–H and O–H groups in total. The molecule has 3 amide bonds. The zero-order valence-corrected chi connectivity index (χ0v) is 24.8. The van der Waals surface area contributed by atoms with Gasteiger partial charge in [-0.3, -0.25) is 9.36 Å². The monoisotopic (exact) mass is 574 g/mol. The number of carbonyl (C=O) groups excluding carboxylic acids is 3. The Bertz CT molecular complexity index is 1490. The molecule has 3 heterocycles. The molecular formula is C30H38N8O4. The van der Waals surface area contributed by atoms with Crippen molar-refractivity contribution in [1.82, 2.24) is 24.8 Å². The number of piperidine rings is 1. The van der Waals surface area contributed by atoms with Crippen LogP contribution in [0.15, 0.2) is 42.9 Å². The minimum Gasteiger partial charge on any atom is -0.444 e. The highest BCUT2D eigenvalue weighted by Crippen LogP contribution is 2.30. The molecule has 0 saturated carbocycles. The zero-order chi connectivity index (χ0) is 30.4. The molecule has 1 fully saturated rings. The van der Waals surface area contributed by atoms with Crippen molar-refractivity contribution in [1.29, 1.82) is 5.26 Å². The summed E-state index contributed by atoms with van der Waals surface area (Å²) in [4.78, 5) is 50.3. The lowest BCUT2D eigenvalue weighted by Crippen LogP contribution is -2.52. The summed E-state index contributed by atoms with van der Waals surface area (Å²) < 4.78 is 6.71. The summed E-state index contributed by atoms with van der Waals surface area (Å²) in [6, 6.07) is 10.8. The van der Waals surface area contributed by atoms with Crippen LogP contribution in [-0.2, 0) is 16.0 Å². The molecule has 12 heteroatoms. The topological polar surface area (TPSA) is 145 Å². The maximum atomic E-state index is 13.3. The summed E-state index contributed by atoms with van der Waals surface area (Å²) in [6.07, 6.45) is 3.88. The number of ether oxygens (including phenoxy) is 1. The number of hydrogen-bond acceptors (Lipinski definition) is 8. The van der Waals surface area contributed by atoms with Crippen LogP contribution in [0.3, 0.4) is 0 Å². The van der Waals surface area contributed by atoms with Crippen LogP contribution in [-0.4, -0.2) is 75.8 Å². The van der Waals surface area contributed by atoms with Gasteiger partial charge in [0.1, 0.15) is 24.2 Å². The molecule has 222 valence electrons. The predicted molar refractivity (Wildman–Crippen MR) is 159 cm³/mol. The predicted octanol–water partition coefficient (Wildman–Crippen LogP) is 4.17. The highest BCUT2D eigenvalue weighted by atomic mass is 16.6. The van der Waals surface area contributed by atoms with Crippen LogP contribution in [0.25, 0.3) is 11.0 Å². The van der Waals surface area contributed by atoms with E-state index in [0.717, 1.165) is 12.0 Å². The fourth-order valence-electron chi connectivity index (χ4n) is 5.11. The lowest BCUT2D eigenvalue weighted by Gasteiger charge is -2.42. The number of alkyl carbamates (subject to hydrolysis) is 1. The van der Waals surface area contributed by atoms with Crippen molar-refractivity contribution < 1.29 is 19.1 Å². The van der Waals surface area contributed by atoms with Crippen molar-refractivity contribution in [3.05, 3.63) is 48.4 Å². The second kappa shape index (κ2) is 12.9. The number of likely N-dealkylation sites (N-methyl/N-ethyl adjacent to an activating group) is 1. The molecule has 1 aromatic carbocycles. The largest absolute Gasteiger partial charge is 0.444 e. The third-order valence-corrected chi connectivity index (χ3v) is 7.27. The Hall–Kier alpha value is -4.66. The molecule has 0 spiro atoms. The second-order valence-electron chi connectivity index (χ2n) is 11.5. The Kier molecular flexibility index (Phi) is 9.30. The summed E-state index contributed by atoms with van der Waals surface area (Å²) in [6.45, 7) is 9.09. The number of nitriles is 1. The highest BCUT2D eigenvalue weighted by molar-refractivity contribution is 6.00. The highest BCUT2D eigenvalue weighted by Gasteiger charge is 2.33. The summed E-state index contributed by atoms with van der Waals surface area (Å²) in [5.41, 5.74) is 1.45. The van der Waals surface area contributed by atoms with E-state index in [2.05, 4.69) is 27.5 Å². The van der Waals surface area contributed by atoms with Gasteiger partial charge in [0.25, 0.3) is 0 Å². The van der Waals surface area contributed by atoms with Crippen LogP contribution in [0.5, 0.6) is 0 Å². The fourth-order valence-corrected chi connectivity index (χ4v) is 5.11. The lowest BCUT2D eigenvalue weighted by molar-refractivity contribution is -0.131. The Morgan fingerprint density at radius 3 is 2.74 bits per heavy atom. The van der Waals surface area contributed by atoms with Gasteiger partial charge in [-0.15, -0.1) is 0 Å². The van der Waals surface area contributed by atoms with E-state index in [4.69, 9.17) is 10.00 Å². The van der Waals surface area contributed by atoms with Gasteiger partial charge >= 0.3 is 12.1 Å². The van der Waals surface area contributed by atoms with Crippen molar-refractivity contribution in [3.8, 4) is 6.07 Å². The van der Waals surface area contributed by atoms with Crippen molar-refractivity contribution in [2.75, 3.05) is 36.9 Å². The molecule has 1 aliphatic heterocycles. The molecule has 0 unspecified atom stereocenters. The summed E-state index contributed by atoms with van der Waals surface area (Å²) in [7, 11) is 1.93. The zero-order valence-electron chi connectivity index (χ0n) is 24.8.